The maximum atomic E-state index is 13.9. The first-order valence-electron chi connectivity index (χ1n) is 13.4. The Kier molecular flexibility index (Phi) is 8.16. The maximum Gasteiger partial charge on any atom is 0.393 e. The van der Waals surface area contributed by atoms with E-state index >= 15 is 0 Å². The SMILES string of the molecule is O=C(N[C@H](c1cn2nc(CC3C[C@@H](C(F)(F)F)CNC3=O)ccc2n1)C1CCC(F)(F)CC1)c1conc1CC(F)F. The topological polar surface area (TPSA) is 114 Å². The summed E-state index contributed by atoms with van der Waals surface area (Å²) in [7, 11) is 0. The summed E-state index contributed by atoms with van der Waals surface area (Å²) in [5.74, 6) is -7.22. The highest BCUT2D eigenvalue weighted by atomic mass is 19.4. The largest absolute Gasteiger partial charge is 0.393 e. The first kappa shape index (κ1) is 29.8. The Morgan fingerprint density at radius 2 is 1.95 bits per heavy atom. The van der Waals surface area contributed by atoms with Crippen molar-refractivity contribution in [3.05, 3.63) is 47.2 Å². The monoisotopic (exact) mass is 604 g/mol. The van der Waals surface area contributed by atoms with E-state index in [0.717, 1.165) is 6.26 Å². The second-order valence-electron chi connectivity index (χ2n) is 10.8. The number of imidazole rings is 1. The van der Waals surface area contributed by atoms with E-state index in [0.29, 0.717) is 11.3 Å². The Morgan fingerprint density at radius 1 is 1.21 bits per heavy atom. The van der Waals surface area contributed by atoms with Crippen molar-refractivity contribution >= 4 is 17.5 Å². The summed E-state index contributed by atoms with van der Waals surface area (Å²) >= 11 is 0. The molecule has 0 spiro atoms. The van der Waals surface area contributed by atoms with Crippen molar-refractivity contribution in [2.24, 2.45) is 17.8 Å². The zero-order chi connectivity index (χ0) is 30.2. The molecule has 4 heterocycles. The number of alkyl halides is 7. The minimum absolute atomic E-state index is 0.0508. The van der Waals surface area contributed by atoms with Crippen LogP contribution >= 0.6 is 0 Å². The molecule has 2 fully saturated rings. The van der Waals surface area contributed by atoms with Gasteiger partial charge >= 0.3 is 6.18 Å². The number of hydrogen-bond acceptors (Lipinski definition) is 6. The van der Waals surface area contributed by atoms with Gasteiger partial charge in [-0.1, -0.05) is 5.16 Å². The molecule has 9 nitrogen and oxygen atoms in total. The van der Waals surface area contributed by atoms with E-state index in [-0.39, 0.29) is 42.6 Å². The van der Waals surface area contributed by atoms with Crippen LogP contribution in [0, 0.1) is 17.8 Å². The number of piperidine rings is 1. The molecule has 2 N–H and O–H groups in total. The van der Waals surface area contributed by atoms with Gasteiger partial charge in [-0.3, -0.25) is 9.59 Å². The Bertz CT molecular complexity index is 1430. The Labute approximate surface area is 234 Å². The van der Waals surface area contributed by atoms with E-state index < -0.39 is 79.9 Å². The fraction of sp³-hybridized carbons (Fsp3) is 0.577. The second-order valence-corrected chi connectivity index (χ2v) is 10.8. The van der Waals surface area contributed by atoms with Crippen LogP contribution in [0.3, 0.4) is 0 Å². The van der Waals surface area contributed by atoms with Crippen LogP contribution < -0.4 is 10.6 Å². The molecule has 228 valence electrons. The van der Waals surface area contributed by atoms with Crippen molar-refractivity contribution in [2.75, 3.05) is 6.54 Å². The van der Waals surface area contributed by atoms with Crippen LogP contribution in [0.5, 0.6) is 0 Å². The lowest BCUT2D eigenvalue weighted by Gasteiger charge is -2.33. The average Bonchev–Trinajstić information content (AvgIpc) is 3.54. The minimum Gasteiger partial charge on any atom is -0.364 e. The molecule has 3 atom stereocenters. The molecule has 1 saturated heterocycles. The van der Waals surface area contributed by atoms with Gasteiger partial charge in [0.2, 0.25) is 18.3 Å². The average molecular weight is 605 g/mol. The van der Waals surface area contributed by atoms with Gasteiger partial charge in [-0.05, 0) is 37.3 Å². The number of hydrogen-bond donors (Lipinski definition) is 2. The van der Waals surface area contributed by atoms with Crippen molar-refractivity contribution in [3.63, 3.8) is 0 Å². The number of fused-ring (bicyclic) bond motifs is 1. The van der Waals surface area contributed by atoms with Crippen molar-refractivity contribution in [3.8, 4) is 0 Å². The second kappa shape index (κ2) is 11.5. The zero-order valence-electron chi connectivity index (χ0n) is 22.0. The summed E-state index contributed by atoms with van der Waals surface area (Å²) < 4.78 is 99.5. The molecule has 42 heavy (non-hydrogen) atoms. The third-order valence-corrected chi connectivity index (χ3v) is 7.85. The van der Waals surface area contributed by atoms with Gasteiger partial charge < -0.3 is 15.2 Å². The lowest BCUT2D eigenvalue weighted by Crippen LogP contribution is -2.47. The van der Waals surface area contributed by atoms with Gasteiger partial charge in [-0.25, -0.2) is 27.1 Å². The van der Waals surface area contributed by atoms with Crippen molar-refractivity contribution in [1.82, 2.24) is 30.4 Å². The summed E-state index contributed by atoms with van der Waals surface area (Å²) in [5.41, 5.74) is 0.431. The number of carbonyl (C=O) groups is 2. The first-order chi connectivity index (χ1) is 19.8. The number of aromatic nitrogens is 4. The van der Waals surface area contributed by atoms with Gasteiger partial charge in [0.15, 0.2) is 5.65 Å². The fourth-order valence-corrected chi connectivity index (χ4v) is 5.56. The van der Waals surface area contributed by atoms with Crippen LogP contribution in [0.15, 0.2) is 29.1 Å². The normalized spacial score (nSPS) is 22.3. The molecule has 5 rings (SSSR count). The van der Waals surface area contributed by atoms with E-state index in [1.54, 1.807) is 6.07 Å². The lowest BCUT2D eigenvalue weighted by molar-refractivity contribution is -0.183. The molecule has 3 aromatic heterocycles. The number of carbonyl (C=O) groups excluding carboxylic acids is 2. The lowest BCUT2D eigenvalue weighted by atomic mass is 9.81. The first-order valence-corrected chi connectivity index (χ1v) is 13.4. The predicted octanol–water partition coefficient (Wildman–Crippen LogP) is 4.68. The molecule has 1 unspecified atom stereocenters. The number of nitrogens with zero attached hydrogens (tertiary/aromatic N) is 4. The minimum atomic E-state index is -4.45. The summed E-state index contributed by atoms with van der Waals surface area (Å²) in [6.45, 7) is -0.477. The van der Waals surface area contributed by atoms with Gasteiger partial charge in [0.05, 0.1) is 36.0 Å². The molecule has 1 aliphatic carbocycles. The molecule has 2 aliphatic rings. The smallest absolute Gasteiger partial charge is 0.364 e. The molecule has 0 bridgehead atoms. The van der Waals surface area contributed by atoms with Gasteiger partial charge in [-0.15, -0.1) is 0 Å². The standard InChI is InChI=1S/C26H27F7N6O3/c27-20(28)9-18-17(12-42-38-18)24(41)36-22(13-3-5-25(29,30)6-4-13)19-11-39-21(35-19)2-1-16(37-39)8-14-7-15(26(31,32)33)10-34-23(14)40/h1-2,11-15,20,22H,3-10H2,(H,34,40)(H,36,41)/t14?,15-,22+/m1/s1. The third-order valence-electron chi connectivity index (χ3n) is 7.85. The summed E-state index contributed by atoms with van der Waals surface area (Å²) in [5, 5.41) is 12.9. The highest BCUT2D eigenvalue weighted by Gasteiger charge is 2.45. The molecule has 16 heteroatoms. The van der Waals surface area contributed by atoms with E-state index in [2.05, 4.69) is 25.9 Å². The maximum absolute atomic E-state index is 13.9. The Hall–Kier alpha value is -3.72. The molecular formula is C26H27F7N6O3. The van der Waals surface area contributed by atoms with Crippen molar-refractivity contribution in [2.45, 2.75) is 69.5 Å². The summed E-state index contributed by atoms with van der Waals surface area (Å²) in [4.78, 5) is 29.9. The van der Waals surface area contributed by atoms with E-state index in [9.17, 15) is 40.3 Å². The highest BCUT2D eigenvalue weighted by Crippen LogP contribution is 2.41. The zero-order valence-corrected chi connectivity index (χ0v) is 22.0. The van der Waals surface area contributed by atoms with Crippen LogP contribution in [0.1, 0.15) is 65.6 Å². The fourth-order valence-electron chi connectivity index (χ4n) is 5.56. The molecule has 2 amide bonds. The molecule has 1 aliphatic heterocycles. The van der Waals surface area contributed by atoms with Crippen LogP contribution in [-0.2, 0) is 17.6 Å². The number of nitrogens with one attached hydrogen (secondary N) is 2. The summed E-state index contributed by atoms with van der Waals surface area (Å²) in [6, 6.07) is 2.17. The van der Waals surface area contributed by atoms with Gasteiger partial charge in [-0.2, -0.15) is 18.3 Å². The van der Waals surface area contributed by atoms with Gasteiger partial charge in [0, 0.05) is 31.7 Å². The Balaban J connectivity index is 1.39. The predicted molar refractivity (Wildman–Crippen MR) is 131 cm³/mol. The quantitative estimate of drug-likeness (QED) is 0.361. The molecular weight excluding hydrogens is 577 g/mol. The van der Waals surface area contributed by atoms with Crippen LogP contribution in [-0.4, -0.2) is 56.6 Å². The highest BCUT2D eigenvalue weighted by molar-refractivity contribution is 5.95. The molecule has 0 radical (unpaired) electrons. The third kappa shape index (κ3) is 6.67. The van der Waals surface area contributed by atoms with Crippen molar-refractivity contribution < 1.29 is 44.8 Å². The van der Waals surface area contributed by atoms with E-state index in [1.807, 2.05) is 0 Å². The van der Waals surface area contributed by atoms with Crippen LogP contribution in [0.25, 0.3) is 5.65 Å². The molecule has 0 aromatic carbocycles. The Morgan fingerprint density at radius 3 is 2.64 bits per heavy atom. The van der Waals surface area contributed by atoms with Crippen molar-refractivity contribution in [1.29, 1.82) is 0 Å². The van der Waals surface area contributed by atoms with E-state index in [1.165, 1.54) is 16.8 Å². The van der Waals surface area contributed by atoms with Gasteiger partial charge in [0.1, 0.15) is 17.5 Å². The number of amides is 2. The number of rotatable bonds is 8. The van der Waals surface area contributed by atoms with E-state index in [4.69, 9.17) is 4.52 Å². The number of halogens is 7. The summed E-state index contributed by atoms with van der Waals surface area (Å²) in [6.07, 6.45) is -6.80. The molecule has 3 aromatic rings. The van der Waals surface area contributed by atoms with Gasteiger partial charge in [0.25, 0.3) is 5.91 Å². The van der Waals surface area contributed by atoms with Crippen LogP contribution in [0.4, 0.5) is 30.7 Å². The van der Waals surface area contributed by atoms with Crippen LogP contribution in [0.2, 0.25) is 0 Å². The molecule has 1 saturated carbocycles.